The number of nitrogens with one attached hydrogen (secondary N) is 1. The zero-order chi connectivity index (χ0) is 18.7. The maximum Gasteiger partial charge on any atom is 0.312 e. The number of fused-ring (bicyclic) bond motifs is 1. The van der Waals surface area contributed by atoms with Gasteiger partial charge >= 0.3 is 5.97 Å². The summed E-state index contributed by atoms with van der Waals surface area (Å²) < 4.78 is 18.1. The molecule has 0 aliphatic heterocycles. The lowest BCUT2D eigenvalue weighted by atomic mass is 10.1. The molecule has 3 rings (SSSR count). The highest BCUT2D eigenvalue weighted by Gasteiger charge is 2.21. The number of rotatable bonds is 5. The van der Waals surface area contributed by atoms with Crippen LogP contribution in [-0.4, -0.2) is 28.1 Å². The number of hydrogen-bond acceptors (Lipinski definition) is 5. The van der Waals surface area contributed by atoms with E-state index >= 15 is 0 Å². The van der Waals surface area contributed by atoms with Crippen LogP contribution in [0.4, 0.5) is 4.39 Å². The van der Waals surface area contributed by atoms with E-state index in [2.05, 4.69) is 10.2 Å². The first kappa shape index (κ1) is 17.5. The topological polar surface area (TPSA) is 89.1 Å². The molecular formula is C19H15FN2O4. The molecule has 1 N–H and O–H groups in total. The molecule has 2 aromatic carbocycles. The van der Waals surface area contributed by atoms with Gasteiger partial charge in [0, 0.05) is 10.9 Å². The van der Waals surface area contributed by atoms with Gasteiger partial charge in [0.25, 0.3) is 5.56 Å². The average Bonchev–Trinajstić information content (AvgIpc) is 2.64. The third-order valence-corrected chi connectivity index (χ3v) is 3.89. The summed E-state index contributed by atoms with van der Waals surface area (Å²) >= 11 is 0. The SMILES string of the molecule is C[C@@H](OC(=O)Cc1n[nH]c(=O)c2ccccc12)C(=O)c1ccc(F)cc1. The second-order valence-electron chi connectivity index (χ2n) is 5.73. The van der Waals surface area contributed by atoms with Crippen LogP contribution in [0.1, 0.15) is 23.0 Å². The number of esters is 1. The zero-order valence-electron chi connectivity index (χ0n) is 13.9. The maximum atomic E-state index is 12.9. The number of aromatic nitrogens is 2. The molecule has 0 bridgehead atoms. The van der Waals surface area contributed by atoms with Crippen LogP contribution in [-0.2, 0) is 16.0 Å². The van der Waals surface area contributed by atoms with E-state index in [4.69, 9.17) is 4.74 Å². The van der Waals surface area contributed by atoms with Crippen LogP contribution in [0.3, 0.4) is 0 Å². The molecule has 132 valence electrons. The highest BCUT2D eigenvalue weighted by Crippen LogP contribution is 2.14. The van der Waals surface area contributed by atoms with Gasteiger partial charge in [0.1, 0.15) is 5.82 Å². The van der Waals surface area contributed by atoms with Crippen LogP contribution < -0.4 is 5.56 Å². The molecule has 6 nitrogen and oxygen atoms in total. The summed E-state index contributed by atoms with van der Waals surface area (Å²) in [6.07, 6.45) is -1.22. The number of nitrogens with zero attached hydrogens (tertiary/aromatic N) is 1. The third kappa shape index (κ3) is 3.66. The molecule has 0 aliphatic rings. The summed E-state index contributed by atoms with van der Waals surface area (Å²) in [5.41, 5.74) is 0.253. The Balaban J connectivity index is 1.73. The van der Waals surface area contributed by atoms with Crippen molar-refractivity contribution in [1.29, 1.82) is 0 Å². The Labute approximate surface area is 147 Å². The van der Waals surface area contributed by atoms with Gasteiger partial charge < -0.3 is 4.74 Å². The van der Waals surface area contributed by atoms with Crippen LogP contribution >= 0.6 is 0 Å². The van der Waals surface area contributed by atoms with Crippen molar-refractivity contribution in [2.24, 2.45) is 0 Å². The van der Waals surface area contributed by atoms with E-state index in [1.807, 2.05) is 0 Å². The van der Waals surface area contributed by atoms with Crippen molar-refractivity contribution in [2.45, 2.75) is 19.4 Å². The van der Waals surface area contributed by atoms with E-state index in [1.165, 1.54) is 19.1 Å². The number of hydrogen-bond donors (Lipinski definition) is 1. The van der Waals surface area contributed by atoms with Gasteiger partial charge in [-0.15, -0.1) is 0 Å². The fourth-order valence-corrected chi connectivity index (χ4v) is 2.58. The lowest BCUT2D eigenvalue weighted by molar-refractivity contribution is -0.145. The minimum atomic E-state index is -1.03. The van der Waals surface area contributed by atoms with Crippen LogP contribution in [0.2, 0.25) is 0 Å². The van der Waals surface area contributed by atoms with Gasteiger partial charge in [-0.25, -0.2) is 9.49 Å². The lowest BCUT2D eigenvalue weighted by Crippen LogP contribution is -2.26. The summed E-state index contributed by atoms with van der Waals surface area (Å²) in [6, 6.07) is 11.8. The summed E-state index contributed by atoms with van der Waals surface area (Å²) in [7, 11) is 0. The highest BCUT2D eigenvalue weighted by atomic mass is 19.1. The summed E-state index contributed by atoms with van der Waals surface area (Å²) in [5, 5.41) is 7.21. The number of ether oxygens (including phenoxy) is 1. The molecule has 26 heavy (non-hydrogen) atoms. The second-order valence-corrected chi connectivity index (χ2v) is 5.73. The molecule has 0 saturated heterocycles. The number of Topliss-reactive ketones (excluding diaryl/α,β-unsaturated/α-hetero) is 1. The molecule has 0 amide bonds. The van der Waals surface area contributed by atoms with Gasteiger partial charge in [-0.3, -0.25) is 14.4 Å². The van der Waals surface area contributed by atoms with E-state index in [0.29, 0.717) is 16.5 Å². The first-order valence-corrected chi connectivity index (χ1v) is 7.91. The lowest BCUT2D eigenvalue weighted by Gasteiger charge is -2.12. The first-order chi connectivity index (χ1) is 12.5. The van der Waals surface area contributed by atoms with E-state index in [0.717, 1.165) is 12.1 Å². The third-order valence-electron chi connectivity index (χ3n) is 3.89. The van der Waals surface area contributed by atoms with Crippen molar-refractivity contribution in [3.8, 4) is 0 Å². The molecule has 7 heteroatoms. The number of aromatic amines is 1. The summed E-state index contributed by atoms with van der Waals surface area (Å²) in [5.74, 6) is -1.54. The number of carbonyl (C=O) groups excluding carboxylic acids is 2. The fourth-order valence-electron chi connectivity index (χ4n) is 2.58. The van der Waals surface area contributed by atoms with Crippen LogP contribution in [0.25, 0.3) is 10.8 Å². The normalized spacial score (nSPS) is 11.9. The number of H-pyrrole nitrogens is 1. The van der Waals surface area contributed by atoms with E-state index in [-0.39, 0.29) is 17.5 Å². The summed E-state index contributed by atoms with van der Waals surface area (Å²) in [4.78, 5) is 36.2. The second kappa shape index (κ2) is 7.26. The molecule has 0 aliphatic carbocycles. The minimum absolute atomic E-state index is 0.196. The van der Waals surface area contributed by atoms with Crippen molar-refractivity contribution >= 4 is 22.5 Å². The molecule has 0 fully saturated rings. The Hall–Kier alpha value is -3.35. The predicted octanol–water partition coefficient (Wildman–Crippen LogP) is 2.42. The monoisotopic (exact) mass is 354 g/mol. The van der Waals surface area contributed by atoms with Gasteiger partial charge in [-0.05, 0) is 37.3 Å². The largest absolute Gasteiger partial charge is 0.454 e. The first-order valence-electron chi connectivity index (χ1n) is 7.91. The molecule has 0 saturated carbocycles. The molecule has 3 aromatic rings. The Morgan fingerprint density at radius 1 is 1.12 bits per heavy atom. The maximum absolute atomic E-state index is 12.9. The number of benzene rings is 2. The zero-order valence-corrected chi connectivity index (χ0v) is 13.9. The predicted molar refractivity (Wildman–Crippen MR) is 92.4 cm³/mol. The van der Waals surface area contributed by atoms with Gasteiger partial charge in [0.05, 0.1) is 17.5 Å². The van der Waals surface area contributed by atoms with Crippen molar-refractivity contribution in [1.82, 2.24) is 10.2 Å². The molecule has 1 atom stereocenters. The number of ketones is 1. The van der Waals surface area contributed by atoms with Gasteiger partial charge in [0.2, 0.25) is 5.78 Å². The Morgan fingerprint density at radius 3 is 2.46 bits per heavy atom. The minimum Gasteiger partial charge on any atom is -0.454 e. The fraction of sp³-hybridized carbons (Fsp3) is 0.158. The Bertz CT molecular complexity index is 1030. The molecular weight excluding hydrogens is 339 g/mol. The molecule has 0 radical (unpaired) electrons. The average molecular weight is 354 g/mol. The van der Waals surface area contributed by atoms with E-state index < -0.39 is 23.7 Å². The number of halogens is 1. The van der Waals surface area contributed by atoms with Gasteiger partial charge in [0.15, 0.2) is 6.10 Å². The highest BCUT2D eigenvalue weighted by molar-refractivity contribution is 6.00. The van der Waals surface area contributed by atoms with E-state index in [1.54, 1.807) is 24.3 Å². The standard InChI is InChI=1S/C19H15FN2O4/c1-11(18(24)12-6-8-13(20)9-7-12)26-17(23)10-16-14-4-2-3-5-15(14)19(25)22-21-16/h2-9,11H,10H2,1H3,(H,22,25)/t11-/m1/s1. The van der Waals surface area contributed by atoms with Crippen LogP contribution in [0.15, 0.2) is 53.3 Å². The van der Waals surface area contributed by atoms with Gasteiger partial charge in [-0.1, -0.05) is 18.2 Å². The van der Waals surface area contributed by atoms with E-state index in [9.17, 15) is 18.8 Å². The molecule has 1 heterocycles. The molecule has 0 unspecified atom stereocenters. The quantitative estimate of drug-likeness (QED) is 0.561. The number of carbonyl (C=O) groups is 2. The van der Waals surface area contributed by atoms with Crippen molar-refractivity contribution < 1.29 is 18.7 Å². The Kier molecular flexibility index (Phi) is 4.88. The van der Waals surface area contributed by atoms with Crippen LogP contribution in [0, 0.1) is 5.82 Å². The summed E-state index contributed by atoms with van der Waals surface area (Å²) in [6.45, 7) is 1.45. The van der Waals surface area contributed by atoms with Crippen molar-refractivity contribution in [3.05, 3.63) is 76.0 Å². The smallest absolute Gasteiger partial charge is 0.312 e. The van der Waals surface area contributed by atoms with Crippen molar-refractivity contribution in [3.63, 3.8) is 0 Å². The van der Waals surface area contributed by atoms with Crippen molar-refractivity contribution in [2.75, 3.05) is 0 Å². The van der Waals surface area contributed by atoms with Crippen LogP contribution in [0.5, 0.6) is 0 Å². The van der Waals surface area contributed by atoms with Gasteiger partial charge in [-0.2, -0.15) is 5.10 Å². The Morgan fingerprint density at radius 2 is 1.77 bits per heavy atom. The molecule has 0 spiro atoms. The molecule has 1 aromatic heterocycles.